The summed E-state index contributed by atoms with van der Waals surface area (Å²) in [5.41, 5.74) is 0. The van der Waals surface area contributed by atoms with E-state index >= 15 is 0 Å². The topological polar surface area (TPSA) is 6.48 Å². The van der Waals surface area contributed by atoms with Crippen LogP contribution >= 0.6 is 0 Å². The van der Waals surface area contributed by atoms with Gasteiger partial charge in [-0.3, -0.25) is 0 Å². The highest BCUT2D eigenvalue weighted by Crippen LogP contribution is 1.96. The molecule has 1 aliphatic rings. The highest BCUT2D eigenvalue weighted by Gasteiger charge is 2.06. The lowest BCUT2D eigenvalue weighted by Crippen LogP contribution is -2.25. The summed E-state index contributed by atoms with van der Waals surface area (Å²) in [6.07, 6.45) is 1.33. The Morgan fingerprint density at radius 1 is 0.778 bits per heavy atom. The monoisotopic (exact) mass is 128 g/mol. The van der Waals surface area contributed by atoms with E-state index in [9.17, 15) is 0 Å². The highest BCUT2D eigenvalue weighted by molar-refractivity contribution is 4.62. The van der Waals surface area contributed by atoms with Crippen LogP contribution in [0.2, 0.25) is 0 Å². The van der Waals surface area contributed by atoms with E-state index in [0.29, 0.717) is 0 Å². The summed E-state index contributed by atoms with van der Waals surface area (Å²) in [5.74, 6) is 0. The zero-order chi connectivity index (χ0) is 6.69. The maximum atomic E-state index is 2.39. The van der Waals surface area contributed by atoms with Crippen LogP contribution in [0, 0.1) is 0 Å². The van der Waals surface area contributed by atoms with Crippen molar-refractivity contribution in [3.05, 3.63) is 0 Å². The lowest BCUT2D eigenvalue weighted by Gasteiger charge is -2.13. The normalized spacial score (nSPS) is 26.0. The predicted octanol–water partition coefficient (Wildman–Crippen LogP) is 0.254. The fourth-order valence-electron chi connectivity index (χ4n) is 1.18. The number of hydrogen-bond acceptors (Lipinski definition) is 2. The molecule has 0 atom stereocenters. The zero-order valence-electron chi connectivity index (χ0n) is 6.43. The maximum Gasteiger partial charge on any atom is 0.0106 e. The Bertz CT molecular complexity index is 73.0. The van der Waals surface area contributed by atoms with Crippen LogP contribution in [0.3, 0.4) is 0 Å². The molecule has 0 aromatic rings. The van der Waals surface area contributed by atoms with E-state index in [1.165, 1.54) is 32.6 Å². The van der Waals surface area contributed by atoms with Crippen LogP contribution in [0.5, 0.6) is 0 Å². The quantitative estimate of drug-likeness (QED) is 0.461. The van der Waals surface area contributed by atoms with E-state index in [4.69, 9.17) is 0 Å². The summed E-state index contributed by atoms with van der Waals surface area (Å²) in [4.78, 5) is 4.78. The van der Waals surface area contributed by atoms with Gasteiger partial charge in [0.2, 0.25) is 0 Å². The minimum Gasteiger partial charge on any atom is -0.305 e. The van der Waals surface area contributed by atoms with Gasteiger partial charge < -0.3 is 9.80 Å². The standard InChI is InChI=1S/C7H16N2/c1-8-4-3-5-9(2)7-6-8/h3-7H2,1-2H3. The predicted molar refractivity (Wildman–Crippen MR) is 39.6 cm³/mol. The van der Waals surface area contributed by atoms with Crippen LogP contribution in [0.25, 0.3) is 0 Å². The third kappa shape index (κ3) is 2.33. The molecule has 2 heteroatoms. The van der Waals surface area contributed by atoms with Gasteiger partial charge in [0.1, 0.15) is 0 Å². The Kier molecular flexibility index (Phi) is 2.49. The SMILES string of the molecule is CN1CCCN(C)CC1. The minimum absolute atomic E-state index is 1.23. The molecule has 1 fully saturated rings. The van der Waals surface area contributed by atoms with E-state index < -0.39 is 0 Å². The first kappa shape index (κ1) is 7.03. The number of nitrogens with zero attached hydrogens (tertiary/aromatic N) is 2. The van der Waals surface area contributed by atoms with Gasteiger partial charge in [0, 0.05) is 13.1 Å². The van der Waals surface area contributed by atoms with Crippen molar-refractivity contribution in [2.24, 2.45) is 0 Å². The first-order chi connectivity index (χ1) is 4.29. The Balaban J connectivity index is 2.25. The highest BCUT2D eigenvalue weighted by atomic mass is 15.2. The van der Waals surface area contributed by atoms with Crippen LogP contribution in [-0.4, -0.2) is 50.1 Å². The lowest BCUT2D eigenvalue weighted by atomic mass is 10.4. The maximum absolute atomic E-state index is 2.39. The van der Waals surface area contributed by atoms with Crippen LogP contribution in [0.1, 0.15) is 6.42 Å². The number of likely N-dealkylation sites (N-methyl/N-ethyl adjacent to an activating group) is 2. The molecule has 0 amide bonds. The molecule has 2 nitrogen and oxygen atoms in total. The van der Waals surface area contributed by atoms with Crippen LogP contribution in [-0.2, 0) is 0 Å². The summed E-state index contributed by atoms with van der Waals surface area (Å²) < 4.78 is 0. The molecule has 9 heavy (non-hydrogen) atoms. The molecule has 1 saturated heterocycles. The lowest BCUT2D eigenvalue weighted by molar-refractivity contribution is 0.320. The van der Waals surface area contributed by atoms with Crippen molar-refractivity contribution in [2.45, 2.75) is 6.42 Å². The molecule has 0 bridgehead atoms. The molecule has 1 heterocycles. The molecule has 1 rings (SSSR count). The van der Waals surface area contributed by atoms with Crippen molar-refractivity contribution < 1.29 is 0 Å². The van der Waals surface area contributed by atoms with Crippen molar-refractivity contribution >= 4 is 0 Å². The molecule has 0 aromatic heterocycles. The van der Waals surface area contributed by atoms with Crippen molar-refractivity contribution in [3.63, 3.8) is 0 Å². The Morgan fingerprint density at radius 2 is 1.22 bits per heavy atom. The van der Waals surface area contributed by atoms with Gasteiger partial charge in [0.25, 0.3) is 0 Å². The molecule has 0 aromatic carbocycles. The van der Waals surface area contributed by atoms with Gasteiger partial charge in [0.05, 0.1) is 0 Å². The zero-order valence-corrected chi connectivity index (χ0v) is 6.43. The summed E-state index contributed by atoms with van der Waals surface area (Å²) in [5, 5.41) is 0. The van der Waals surface area contributed by atoms with E-state index in [2.05, 4.69) is 23.9 Å². The molecule has 54 valence electrons. The number of rotatable bonds is 0. The third-order valence-corrected chi connectivity index (χ3v) is 1.94. The van der Waals surface area contributed by atoms with E-state index in [0.717, 1.165) is 0 Å². The Morgan fingerprint density at radius 3 is 1.67 bits per heavy atom. The van der Waals surface area contributed by atoms with Crippen molar-refractivity contribution in [2.75, 3.05) is 40.3 Å². The molecule has 0 spiro atoms. The largest absolute Gasteiger partial charge is 0.305 e. The second kappa shape index (κ2) is 3.18. The smallest absolute Gasteiger partial charge is 0.0106 e. The fraction of sp³-hybridized carbons (Fsp3) is 1.00. The second-order valence-corrected chi connectivity index (χ2v) is 2.96. The summed E-state index contributed by atoms with van der Waals surface area (Å²) in [6, 6.07) is 0. The summed E-state index contributed by atoms with van der Waals surface area (Å²) in [6.45, 7) is 5.00. The molecule has 0 saturated carbocycles. The van der Waals surface area contributed by atoms with E-state index in [1.807, 2.05) is 0 Å². The Labute approximate surface area is 57.4 Å². The minimum atomic E-state index is 1.23. The van der Waals surface area contributed by atoms with Gasteiger partial charge in [-0.15, -0.1) is 0 Å². The summed E-state index contributed by atoms with van der Waals surface area (Å²) >= 11 is 0. The molecule has 0 unspecified atom stereocenters. The van der Waals surface area contributed by atoms with Gasteiger partial charge in [-0.05, 0) is 33.6 Å². The first-order valence-corrected chi connectivity index (χ1v) is 3.66. The molecule has 0 aliphatic carbocycles. The molecular weight excluding hydrogens is 112 g/mol. The van der Waals surface area contributed by atoms with Gasteiger partial charge in [0.15, 0.2) is 0 Å². The van der Waals surface area contributed by atoms with E-state index in [-0.39, 0.29) is 0 Å². The van der Waals surface area contributed by atoms with Gasteiger partial charge in [-0.25, -0.2) is 0 Å². The van der Waals surface area contributed by atoms with Crippen LogP contribution in [0.15, 0.2) is 0 Å². The molecule has 0 radical (unpaired) electrons. The van der Waals surface area contributed by atoms with Crippen molar-refractivity contribution in [1.29, 1.82) is 0 Å². The van der Waals surface area contributed by atoms with Crippen molar-refractivity contribution in [1.82, 2.24) is 9.80 Å². The first-order valence-electron chi connectivity index (χ1n) is 3.66. The van der Waals surface area contributed by atoms with Gasteiger partial charge >= 0.3 is 0 Å². The third-order valence-electron chi connectivity index (χ3n) is 1.94. The number of hydrogen-bond donors (Lipinski definition) is 0. The molecule has 0 N–H and O–H groups in total. The fourth-order valence-corrected chi connectivity index (χ4v) is 1.18. The Hall–Kier alpha value is -0.0800. The average Bonchev–Trinajstić information content (AvgIpc) is 1.97. The molecular formula is C7H16N2. The second-order valence-electron chi connectivity index (χ2n) is 2.96. The van der Waals surface area contributed by atoms with Crippen molar-refractivity contribution in [3.8, 4) is 0 Å². The molecule has 1 aliphatic heterocycles. The van der Waals surface area contributed by atoms with Crippen LogP contribution < -0.4 is 0 Å². The van der Waals surface area contributed by atoms with E-state index in [1.54, 1.807) is 0 Å². The van der Waals surface area contributed by atoms with Gasteiger partial charge in [-0.2, -0.15) is 0 Å². The van der Waals surface area contributed by atoms with Crippen LogP contribution in [0.4, 0.5) is 0 Å². The average molecular weight is 128 g/mol. The van der Waals surface area contributed by atoms with Gasteiger partial charge in [-0.1, -0.05) is 0 Å². The summed E-state index contributed by atoms with van der Waals surface area (Å²) in [7, 11) is 4.39.